The highest BCUT2D eigenvalue weighted by Gasteiger charge is 2.23. The largest absolute Gasteiger partial charge is 0.339 e. The molecule has 4 heteroatoms. The number of rotatable bonds is 7. The van der Waals surface area contributed by atoms with Crippen LogP contribution in [-0.2, 0) is 17.9 Å². The van der Waals surface area contributed by atoms with E-state index in [1.54, 1.807) is 0 Å². The molecule has 4 nitrogen and oxygen atoms in total. The molecular weight excluding hydrogens is 334 g/mol. The molecule has 2 aromatic carbocycles. The molecule has 27 heavy (non-hydrogen) atoms. The monoisotopic (exact) mass is 365 g/mol. The molecule has 3 rings (SSSR count). The van der Waals surface area contributed by atoms with Gasteiger partial charge in [-0.2, -0.15) is 0 Å². The molecule has 0 aliphatic carbocycles. The molecule has 1 heterocycles. The second kappa shape index (κ2) is 9.67. The second-order valence-corrected chi connectivity index (χ2v) is 7.63. The summed E-state index contributed by atoms with van der Waals surface area (Å²) < 4.78 is 0. The number of nitrogens with zero attached hydrogens (tertiary/aromatic N) is 3. The smallest absolute Gasteiger partial charge is 0.236 e. The summed E-state index contributed by atoms with van der Waals surface area (Å²) in [6, 6.07) is 21.3. The van der Waals surface area contributed by atoms with Crippen LogP contribution in [0.15, 0.2) is 60.7 Å². The van der Waals surface area contributed by atoms with Gasteiger partial charge in [0.25, 0.3) is 0 Å². The second-order valence-electron chi connectivity index (χ2n) is 7.63. The highest BCUT2D eigenvalue weighted by molar-refractivity contribution is 5.78. The van der Waals surface area contributed by atoms with E-state index in [1.165, 1.54) is 11.1 Å². The van der Waals surface area contributed by atoms with Gasteiger partial charge in [0.1, 0.15) is 0 Å². The van der Waals surface area contributed by atoms with E-state index in [0.29, 0.717) is 12.6 Å². The molecule has 0 saturated carbocycles. The zero-order valence-electron chi connectivity index (χ0n) is 16.6. The predicted octanol–water partition coefficient (Wildman–Crippen LogP) is 3.24. The van der Waals surface area contributed by atoms with Crippen LogP contribution >= 0.6 is 0 Å². The lowest BCUT2D eigenvalue weighted by atomic mass is 10.2. The number of benzene rings is 2. The van der Waals surface area contributed by atoms with Gasteiger partial charge in [0, 0.05) is 45.3 Å². The van der Waals surface area contributed by atoms with E-state index in [9.17, 15) is 4.79 Å². The number of piperazine rings is 1. The van der Waals surface area contributed by atoms with Crippen LogP contribution < -0.4 is 0 Å². The summed E-state index contributed by atoms with van der Waals surface area (Å²) in [6.45, 7) is 10.1. The van der Waals surface area contributed by atoms with E-state index >= 15 is 0 Å². The topological polar surface area (TPSA) is 26.8 Å². The van der Waals surface area contributed by atoms with Crippen LogP contribution in [0.25, 0.3) is 0 Å². The Morgan fingerprint density at radius 1 is 0.889 bits per heavy atom. The summed E-state index contributed by atoms with van der Waals surface area (Å²) >= 11 is 0. The summed E-state index contributed by atoms with van der Waals surface area (Å²) in [5.74, 6) is 0.249. The first-order valence-corrected chi connectivity index (χ1v) is 9.94. The van der Waals surface area contributed by atoms with Crippen molar-refractivity contribution >= 4 is 5.91 Å². The van der Waals surface area contributed by atoms with Gasteiger partial charge in [-0.3, -0.25) is 14.6 Å². The summed E-state index contributed by atoms with van der Waals surface area (Å²) in [7, 11) is 0. The quantitative estimate of drug-likeness (QED) is 0.754. The van der Waals surface area contributed by atoms with Gasteiger partial charge in [0.05, 0.1) is 6.54 Å². The van der Waals surface area contributed by atoms with Gasteiger partial charge in [-0.25, -0.2) is 0 Å². The molecular formula is C23H31N3O. The number of amides is 1. The van der Waals surface area contributed by atoms with E-state index in [4.69, 9.17) is 0 Å². The highest BCUT2D eigenvalue weighted by Crippen LogP contribution is 2.11. The zero-order valence-corrected chi connectivity index (χ0v) is 16.6. The maximum atomic E-state index is 12.8. The molecule has 1 amide bonds. The van der Waals surface area contributed by atoms with Crippen molar-refractivity contribution in [3.05, 3.63) is 71.8 Å². The molecule has 0 aromatic heterocycles. The van der Waals surface area contributed by atoms with Crippen LogP contribution in [0.3, 0.4) is 0 Å². The Morgan fingerprint density at radius 2 is 1.44 bits per heavy atom. The van der Waals surface area contributed by atoms with Gasteiger partial charge in [-0.1, -0.05) is 60.7 Å². The Bertz CT molecular complexity index is 694. The van der Waals surface area contributed by atoms with Crippen molar-refractivity contribution in [2.75, 3.05) is 32.7 Å². The standard InChI is InChI=1S/C23H31N3O/c1-20(2)26(18-22-11-7-4-8-12-22)19-23(27)25-15-13-24(14-16-25)17-21-9-5-3-6-10-21/h3-12,20H,13-19H2,1-2H3. The minimum Gasteiger partial charge on any atom is -0.339 e. The van der Waals surface area contributed by atoms with Gasteiger partial charge < -0.3 is 4.90 Å². The molecule has 2 aromatic rings. The lowest BCUT2D eigenvalue weighted by Gasteiger charge is -2.36. The van der Waals surface area contributed by atoms with Crippen molar-refractivity contribution in [2.24, 2.45) is 0 Å². The van der Waals surface area contributed by atoms with Gasteiger partial charge in [-0.15, -0.1) is 0 Å². The van der Waals surface area contributed by atoms with Gasteiger partial charge >= 0.3 is 0 Å². The fourth-order valence-electron chi connectivity index (χ4n) is 3.51. The molecule has 1 aliphatic rings. The Balaban J connectivity index is 1.49. The summed E-state index contributed by atoms with van der Waals surface area (Å²) in [6.07, 6.45) is 0. The maximum absolute atomic E-state index is 12.8. The minimum atomic E-state index is 0.249. The predicted molar refractivity (Wildman–Crippen MR) is 110 cm³/mol. The fraction of sp³-hybridized carbons (Fsp3) is 0.435. The molecule has 0 unspecified atom stereocenters. The van der Waals surface area contributed by atoms with Crippen molar-refractivity contribution in [1.82, 2.24) is 14.7 Å². The van der Waals surface area contributed by atoms with Crippen LogP contribution in [0.2, 0.25) is 0 Å². The van der Waals surface area contributed by atoms with Crippen molar-refractivity contribution < 1.29 is 4.79 Å². The van der Waals surface area contributed by atoms with Crippen molar-refractivity contribution in [2.45, 2.75) is 33.0 Å². The summed E-state index contributed by atoms with van der Waals surface area (Å²) in [5, 5.41) is 0. The SMILES string of the molecule is CC(C)N(CC(=O)N1CCN(Cc2ccccc2)CC1)Cc1ccccc1. The summed E-state index contributed by atoms with van der Waals surface area (Å²) in [4.78, 5) is 19.6. The average molecular weight is 366 g/mol. The van der Waals surface area contributed by atoms with Gasteiger partial charge in [0.2, 0.25) is 5.91 Å². The Hall–Kier alpha value is -2.17. The van der Waals surface area contributed by atoms with E-state index in [1.807, 2.05) is 11.0 Å². The molecule has 144 valence electrons. The van der Waals surface area contributed by atoms with Gasteiger partial charge in [0.15, 0.2) is 0 Å². The molecule has 0 radical (unpaired) electrons. The molecule has 1 fully saturated rings. The maximum Gasteiger partial charge on any atom is 0.236 e. The molecule has 0 spiro atoms. The van der Waals surface area contributed by atoms with E-state index in [-0.39, 0.29) is 5.91 Å². The molecule has 0 N–H and O–H groups in total. The Labute approximate surface area is 163 Å². The molecule has 0 bridgehead atoms. The van der Waals surface area contributed by atoms with Crippen molar-refractivity contribution in [1.29, 1.82) is 0 Å². The lowest BCUT2D eigenvalue weighted by Crippen LogP contribution is -2.51. The fourth-order valence-corrected chi connectivity index (χ4v) is 3.51. The van der Waals surface area contributed by atoms with Gasteiger partial charge in [-0.05, 0) is 25.0 Å². The van der Waals surface area contributed by atoms with Crippen LogP contribution in [0.5, 0.6) is 0 Å². The summed E-state index contributed by atoms with van der Waals surface area (Å²) in [5.41, 5.74) is 2.60. The first-order valence-electron chi connectivity index (χ1n) is 9.94. The van der Waals surface area contributed by atoms with Crippen molar-refractivity contribution in [3.8, 4) is 0 Å². The third kappa shape index (κ3) is 5.91. The zero-order chi connectivity index (χ0) is 19.1. The van der Waals surface area contributed by atoms with E-state index in [2.05, 4.69) is 78.2 Å². The number of hydrogen-bond acceptors (Lipinski definition) is 3. The molecule has 1 aliphatic heterocycles. The van der Waals surface area contributed by atoms with E-state index in [0.717, 1.165) is 39.3 Å². The average Bonchev–Trinajstić information content (AvgIpc) is 2.69. The first kappa shape index (κ1) is 19.6. The van der Waals surface area contributed by atoms with Crippen molar-refractivity contribution in [3.63, 3.8) is 0 Å². The first-order chi connectivity index (χ1) is 13.1. The number of carbonyl (C=O) groups is 1. The third-order valence-corrected chi connectivity index (χ3v) is 5.27. The Kier molecular flexibility index (Phi) is 7.02. The lowest BCUT2D eigenvalue weighted by molar-refractivity contribution is -0.134. The molecule has 0 atom stereocenters. The third-order valence-electron chi connectivity index (χ3n) is 5.27. The van der Waals surface area contributed by atoms with Crippen LogP contribution in [0.4, 0.5) is 0 Å². The number of carbonyl (C=O) groups excluding carboxylic acids is 1. The van der Waals surface area contributed by atoms with Crippen LogP contribution in [-0.4, -0.2) is 59.4 Å². The Morgan fingerprint density at radius 3 is 2.00 bits per heavy atom. The molecule has 1 saturated heterocycles. The van der Waals surface area contributed by atoms with E-state index < -0.39 is 0 Å². The van der Waals surface area contributed by atoms with Crippen LogP contribution in [0, 0.1) is 0 Å². The minimum absolute atomic E-state index is 0.249. The van der Waals surface area contributed by atoms with Crippen LogP contribution in [0.1, 0.15) is 25.0 Å². The number of hydrogen-bond donors (Lipinski definition) is 0. The highest BCUT2D eigenvalue weighted by atomic mass is 16.2. The normalized spacial score (nSPS) is 15.5.